The van der Waals surface area contributed by atoms with E-state index in [1.54, 1.807) is 48.5 Å². The number of nitrogens with zero attached hydrogens (tertiary/aromatic N) is 2. The molecule has 0 aliphatic rings. The molecule has 0 spiro atoms. The van der Waals surface area contributed by atoms with Crippen LogP contribution in [0, 0.1) is 20.2 Å². The molecule has 0 N–H and O–H groups in total. The first-order valence-corrected chi connectivity index (χ1v) is 13.7. The van der Waals surface area contributed by atoms with Gasteiger partial charge in [-0.15, -0.1) is 0 Å². The first-order valence-electron chi connectivity index (χ1n) is 12.2. The molecule has 42 heavy (non-hydrogen) atoms. The quantitative estimate of drug-likeness (QED) is 0.0952. The van der Waals surface area contributed by atoms with Crippen LogP contribution in [0.15, 0.2) is 84.9 Å². The molecule has 4 aromatic rings. The number of rotatable bonds is 10. The third-order valence-electron chi connectivity index (χ3n) is 6.23. The summed E-state index contributed by atoms with van der Waals surface area (Å²) in [6.45, 7) is 0. The summed E-state index contributed by atoms with van der Waals surface area (Å²) in [4.78, 5) is 34.4. The van der Waals surface area contributed by atoms with E-state index in [1.165, 1.54) is 36.4 Å². The lowest BCUT2D eigenvalue weighted by atomic mass is 10.0. The van der Waals surface area contributed by atoms with Crippen LogP contribution in [0.4, 0.5) is 16.2 Å². The molecule has 0 fully saturated rings. The van der Waals surface area contributed by atoms with E-state index in [0.717, 1.165) is 0 Å². The fourth-order valence-corrected chi connectivity index (χ4v) is 5.21. The average molecular weight is 650 g/mol. The lowest BCUT2D eigenvalue weighted by molar-refractivity contribution is -0.385. The van der Waals surface area contributed by atoms with Gasteiger partial charge in [-0.3, -0.25) is 20.2 Å². The van der Waals surface area contributed by atoms with Gasteiger partial charge in [0, 0.05) is 68.3 Å². The summed E-state index contributed by atoms with van der Waals surface area (Å²) >= 11 is 25.0. The molecule has 0 aromatic heterocycles. The smallest absolute Gasteiger partial charge is 0.426 e. The second-order valence-electron chi connectivity index (χ2n) is 9.05. The van der Waals surface area contributed by atoms with E-state index < -0.39 is 28.2 Å². The van der Waals surface area contributed by atoms with Gasteiger partial charge in [-0.25, -0.2) is 4.79 Å². The molecular formula is C29H20Cl4N2O7. The molecule has 0 bridgehead atoms. The molecular weight excluding hydrogens is 630 g/mol. The Morgan fingerprint density at radius 2 is 0.976 bits per heavy atom. The summed E-state index contributed by atoms with van der Waals surface area (Å²) in [6, 6.07) is 21.0. The van der Waals surface area contributed by atoms with Gasteiger partial charge in [-0.1, -0.05) is 82.8 Å². The maximum Gasteiger partial charge on any atom is 0.509 e. The summed E-state index contributed by atoms with van der Waals surface area (Å²) in [6.07, 6.45) is -2.73. The molecule has 4 rings (SSSR count). The monoisotopic (exact) mass is 648 g/mol. The lowest BCUT2D eigenvalue weighted by Crippen LogP contribution is -2.19. The zero-order chi connectivity index (χ0) is 30.4. The van der Waals surface area contributed by atoms with E-state index in [1.807, 2.05) is 0 Å². The molecule has 4 aromatic carbocycles. The van der Waals surface area contributed by atoms with E-state index >= 15 is 0 Å². The molecule has 9 nitrogen and oxygen atoms in total. The molecule has 216 valence electrons. The maximum atomic E-state index is 13.3. The normalized spacial score (nSPS) is 12.3. The summed E-state index contributed by atoms with van der Waals surface area (Å²) < 4.78 is 11.5. The molecule has 0 heterocycles. The number of carbonyl (C=O) groups is 1. The minimum atomic E-state index is -1.05. The van der Waals surface area contributed by atoms with Crippen LogP contribution in [0.3, 0.4) is 0 Å². The number of ether oxygens (including phenoxy) is 2. The predicted molar refractivity (Wildman–Crippen MR) is 160 cm³/mol. The molecule has 0 radical (unpaired) electrons. The SMILES string of the molecule is O=C(OC(Cc1ccc([N+](=O)[O-])cc1)c1ccc(Cl)cc1Cl)OC(Cc1ccc([N+](=O)[O-])cc1)c1ccc(Cl)cc1Cl. The van der Waals surface area contributed by atoms with E-state index in [0.29, 0.717) is 32.3 Å². The van der Waals surface area contributed by atoms with Crippen LogP contribution in [0.25, 0.3) is 0 Å². The van der Waals surface area contributed by atoms with Crippen LogP contribution in [0.1, 0.15) is 34.5 Å². The van der Waals surface area contributed by atoms with Crippen LogP contribution in [0.2, 0.25) is 20.1 Å². The first-order chi connectivity index (χ1) is 20.0. The van der Waals surface area contributed by atoms with E-state index in [2.05, 4.69) is 0 Å². The zero-order valence-corrected chi connectivity index (χ0v) is 24.4. The van der Waals surface area contributed by atoms with E-state index in [-0.39, 0.29) is 34.3 Å². The largest absolute Gasteiger partial charge is 0.509 e. The minimum Gasteiger partial charge on any atom is -0.426 e. The Kier molecular flexibility index (Phi) is 10.2. The van der Waals surface area contributed by atoms with Crippen LogP contribution >= 0.6 is 46.4 Å². The van der Waals surface area contributed by atoms with Crippen molar-refractivity contribution in [3.05, 3.63) is 148 Å². The van der Waals surface area contributed by atoms with Gasteiger partial charge in [-0.05, 0) is 35.4 Å². The van der Waals surface area contributed by atoms with Gasteiger partial charge in [-0.2, -0.15) is 0 Å². The minimum absolute atomic E-state index is 0.0888. The van der Waals surface area contributed by atoms with Crippen molar-refractivity contribution in [2.75, 3.05) is 0 Å². The molecule has 0 aliphatic carbocycles. The van der Waals surface area contributed by atoms with Crippen molar-refractivity contribution in [3.8, 4) is 0 Å². The van der Waals surface area contributed by atoms with Crippen molar-refractivity contribution in [3.63, 3.8) is 0 Å². The third kappa shape index (κ3) is 8.10. The van der Waals surface area contributed by atoms with Crippen molar-refractivity contribution < 1.29 is 24.1 Å². The highest BCUT2D eigenvalue weighted by Gasteiger charge is 2.26. The number of nitro groups is 2. The number of halogens is 4. The zero-order valence-electron chi connectivity index (χ0n) is 21.4. The Bertz CT molecular complexity index is 1500. The second-order valence-corrected chi connectivity index (χ2v) is 10.7. The van der Waals surface area contributed by atoms with Crippen molar-refractivity contribution in [1.82, 2.24) is 0 Å². The van der Waals surface area contributed by atoms with E-state index in [9.17, 15) is 25.0 Å². The molecule has 13 heteroatoms. The highest BCUT2D eigenvalue weighted by Crippen LogP contribution is 2.35. The van der Waals surface area contributed by atoms with Gasteiger partial charge >= 0.3 is 6.16 Å². The summed E-state index contributed by atoms with van der Waals surface area (Å²) in [7, 11) is 0. The lowest BCUT2D eigenvalue weighted by Gasteiger charge is -2.23. The fraction of sp³-hybridized carbons (Fsp3) is 0.138. The standard InChI is InChI=1S/C29H20Cl4N2O7/c30-19-5-11-23(25(32)15-19)27(13-17-1-7-21(8-2-17)34(37)38)41-29(36)42-28(24-12-6-20(31)16-26(24)33)14-18-3-9-22(10-4-18)35(39)40/h1-12,15-16,27-28H,13-14H2. The van der Waals surface area contributed by atoms with Gasteiger partial charge < -0.3 is 9.47 Å². The number of benzene rings is 4. The summed E-state index contributed by atoms with van der Waals surface area (Å²) in [5.74, 6) is 0. The summed E-state index contributed by atoms with van der Waals surface area (Å²) in [5.41, 5.74) is 1.96. The number of nitro benzene ring substituents is 2. The molecule has 0 saturated heterocycles. The number of hydrogen-bond acceptors (Lipinski definition) is 7. The average Bonchev–Trinajstić information content (AvgIpc) is 2.93. The third-order valence-corrected chi connectivity index (χ3v) is 7.36. The maximum absolute atomic E-state index is 13.3. The second kappa shape index (κ2) is 13.8. The summed E-state index contributed by atoms with van der Waals surface area (Å²) in [5, 5.41) is 23.4. The van der Waals surface area contributed by atoms with Crippen LogP contribution in [-0.2, 0) is 22.3 Å². The van der Waals surface area contributed by atoms with Crippen molar-refractivity contribution in [2.24, 2.45) is 0 Å². The van der Waals surface area contributed by atoms with Crippen LogP contribution in [0.5, 0.6) is 0 Å². The Hall–Kier alpha value is -3.89. The van der Waals surface area contributed by atoms with Crippen molar-refractivity contribution >= 4 is 63.9 Å². The molecule has 2 atom stereocenters. The van der Waals surface area contributed by atoms with Gasteiger partial charge in [0.2, 0.25) is 0 Å². The van der Waals surface area contributed by atoms with Gasteiger partial charge in [0.25, 0.3) is 11.4 Å². The fourth-order valence-electron chi connectivity index (χ4n) is 4.15. The Balaban J connectivity index is 1.61. The van der Waals surface area contributed by atoms with Crippen LogP contribution < -0.4 is 0 Å². The van der Waals surface area contributed by atoms with E-state index in [4.69, 9.17) is 55.9 Å². The van der Waals surface area contributed by atoms with Crippen LogP contribution in [-0.4, -0.2) is 16.0 Å². The van der Waals surface area contributed by atoms with Gasteiger partial charge in [0.05, 0.1) is 9.85 Å². The van der Waals surface area contributed by atoms with Crippen molar-refractivity contribution in [1.29, 1.82) is 0 Å². The highest BCUT2D eigenvalue weighted by atomic mass is 35.5. The Morgan fingerprint density at radius 3 is 1.29 bits per heavy atom. The number of hydrogen-bond donors (Lipinski definition) is 0. The molecule has 0 saturated carbocycles. The molecule has 0 amide bonds. The Morgan fingerprint density at radius 1 is 0.619 bits per heavy atom. The van der Waals surface area contributed by atoms with Gasteiger partial charge in [0.1, 0.15) is 12.2 Å². The number of non-ortho nitro benzene ring substituents is 2. The van der Waals surface area contributed by atoms with Gasteiger partial charge in [0.15, 0.2) is 0 Å². The number of carbonyl (C=O) groups excluding carboxylic acids is 1. The highest BCUT2D eigenvalue weighted by molar-refractivity contribution is 6.35. The Labute approximate surface area is 259 Å². The predicted octanol–water partition coefficient (Wildman–Crippen LogP) is 9.54. The topological polar surface area (TPSA) is 122 Å². The molecule has 0 aliphatic heterocycles. The molecule has 2 unspecified atom stereocenters. The van der Waals surface area contributed by atoms with Crippen molar-refractivity contribution in [2.45, 2.75) is 25.0 Å². The first kappa shape index (κ1) is 31.1.